The summed E-state index contributed by atoms with van der Waals surface area (Å²) < 4.78 is 64.9. The molecule has 0 unspecified atom stereocenters. The van der Waals surface area contributed by atoms with Gasteiger partial charge in [-0.1, -0.05) is 17.7 Å². The Morgan fingerprint density at radius 2 is 1.64 bits per heavy atom. The molecule has 0 bridgehead atoms. The van der Waals surface area contributed by atoms with Crippen molar-refractivity contribution in [1.29, 1.82) is 0 Å². The van der Waals surface area contributed by atoms with E-state index in [4.69, 9.17) is 11.6 Å². The first-order valence-electron chi connectivity index (χ1n) is 9.76. The minimum absolute atomic E-state index is 0.0997. The van der Waals surface area contributed by atoms with Gasteiger partial charge in [0.05, 0.1) is 10.5 Å². The van der Waals surface area contributed by atoms with Crippen LogP contribution in [0.5, 0.6) is 0 Å². The summed E-state index contributed by atoms with van der Waals surface area (Å²) in [5.74, 6) is -1.08. The highest BCUT2D eigenvalue weighted by atomic mass is 35.5. The average molecular weight is 505 g/mol. The number of amides is 3. The van der Waals surface area contributed by atoms with Crippen LogP contribution < -0.4 is 16.2 Å². The molecule has 1 fully saturated rings. The second-order valence-electron chi connectivity index (χ2n) is 7.28. The second-order valence-corrected chi connectivity index (χ2v) is 9.65. The van der Waals surface area contributed by atoms with Gasteiger partial charge >= 0.3 is 12.2 Å². The quantitative estimate of drug-likeness (QED) is 0.553. The molecule has 13 heteroatoms. The maximum Gasteiger partial charge on any atom is 0.416 e. The van der Waals surface area contributed by atoms with E-state index in [9.17, 15) is 31.2 Å². The van der Waals surface area contributed by atoms with Crippen LogP contribution in [0.1, 0.15) is 18.4 Å². The van der Waals surface area contributed by atoms with Crippen molar-refractivity contribution < 1.29 is 31.2 Å². The molecule has 3 N–H and O–H groups in total. The number of carbonyl (C=O) groups is 2. The SMILES string of the molecule is O=C(NNC(=O)C1CCN(S(=O)(=O)c2ccc(Cl)cc2)CC1)Nc1cccc(C(F)(F)F)c1. The Kier molecular flexibility index (Phi) is 7.50. The van der Waals surface area contributed by atoms with E-state index in [1.807, 2.05) is 0 Å². The van der Waals surface area contributed by atoms with Crippen molar-refractivity contribution in [1.82, 2.24) is 15.2 Å². The van der Waals surface area contributed by atoms with Gasteiger partial charge in [-0.15, -0.1) is 0 Å². The number of benzene rings is 2. The van der Waals surface area contributed by atoms with Gasteiger partial charge in [0.15, 0.2) is 0 Å². The van der Waals surface area contributed by atoms with E-state index in [0.29, 0.717) is 5.02 Å². The number of piperidine rings is 1. The molecule has 1 aliphatic rings. The number of hydrogen-bond acceptors (Lipinski definition) is 4. The van der Waals surface area contributed by atoms with Crippen molar-refractivity contribution in [3.05, 3.63) is 59.1 Å². The Hall–Kier alpha value is -2.83. The van der Waals surface area contributed by atoms with Crippen LogP contribution in [0.25, 0.3) is 0 Å². The highest BCUT2D eigenvalue weighted by Gasteiger charge is 2.32. The molecule has 0 aromatic heterocycles. The minimum atomic E-state index is -4.56. The lowest BCUT2D eigenvalue weighted by molar-refractivity contribution is -0.137. The number of halogens is 4. The molecule has 0 spiro atoms. The van der Waals surface area contributed by atoms with Gasteiger partial charge in [0.1, 0.15) is 0 Å². The standard InChI is InChI=1S/C20H20ClF3N4O4S/c21-15-4-6-17(7-5-15)33(31,32)28-10-8-13(9-11-28)18(29)26-27-19(30)25-16-3-1-2-14(12-16)20(22,23)24/h1-7,12-13H,8-11H2,(H,26,29)(H2,25,27,30). The lowest BCUT2D eigenvalue weighted by Gasteiger charge is -2.30. The van der Waals surface area contributed by atoms with E-state index in [1.165, 1.54) is 34.6 Å². The van der Waals surface area contributed by atoms with Crippen LogP contribution in [-0.4, -0.2) is 37.8 Å². The average Bonchev–Trinajstić information content (AvgIpc) is 2.77. The summed E-state index contributed by atoms with van der Waals surface area (Å²) in [5.41, 5.74) is 3.26. The number of sulfonamides is 1. The number of nitrogens with zero attached hydrogens (tertiary/aromatic N) is 1. The molecule has 8 nitrogen and oxygen atoms in total. The monoisotopic (exact) mass is 504 g/mol. The number of carbonyl (C=O) groups excluding carboxylic acids is 2. The number of anilines is 1. The molecule has 1 heterocycles. The molecule has 33 heavy (non-hydrogen) atoms. The zero-order valence-corrected chi connectivity index (χ0v) is 18.6. The maximum atomic E-state index is 12.7. The molecule has 0 saturated carbocycles. The highest BCUT2D eigenvalue weighted by molar-refractivity contribution is 7.89. The molecule has 0 radical (unpaired) electrons. The molecule has 2 aromatic carbocycles. The van der Waals surface area contributed by atoms with Crippen LogP contribution in [0.3, 0.4) is 0 Å². The van der Waals surface area contributed by atoms with Gasteiger partial charge in [-0.25, -0.2) is 18.6 Å². The molecule has 1 saturated heterocycles. The Morgan fingerprint density at radius 3 is 2.24 bits per heavy atom. The predicted molar refractivity (Wildman–Crippen MR) is 115 cm³/mol. The van der Waals surface area contributed by atoms with Crippen molar-refractivity contribution in [2.45, 2.75) is 23.9 Å². The Morgan fingerprint density at radius 1 is 1.00 bits per heavy atom. The van der Waals surface area contributed by atoms with Gasteiger partial charge in [0.25, 0.3) is 0 Å². The van der Waals surface area contributed by atoms with E-state index in [-0.39, 0.29) is 36.5 Å². The lowest BCUT2D eigenvalue weighted by atomic mass is 9.98. The van der Waals surface area contributed by atoms with E-state index in [2.05, 4.69) is 16.2 Å². The van der Waals surface area contributed by atoms with Crippen molar-refractivity contribution >= 4 is 39.2 Å². The van der Waals surface area contributed by atoms with Crippen LogP contribution in [0.15, 0.2) is 53.4 Å². The van der Waals surface area contributed by atoms with Crippen LogP contribution in [0.2, 0.25) is 5.02 Å². The van der Waals surface area contributed by atoms with Crippen molar-refractivity contribution in [2.24, 2.45) is 5.92 Å². The minimum Gasteiger partial charge on any atom is -0.307 e. The second kappa shape index (κ2) is 9.98. The topological polar surface area (TPSA) is 108 Å². The van der Waals surface area contributed by atoms with E-state index < -0.39 is 39.6 Å². The zero-order chi connectivity index (χ0) is 24.2. The van der Waals surface area contributed by atoms with E-state index >= 15 is 0 Å². The fourth-order valence-electron chi connectivity index (χ4n) is 3.27. The highest BCUT2D eigenvalue weighted by Crippen LogP contribution is 2.30. The van der Waals surface area contributed by atoms with Gasteiger partial charge < -0.3 is 5.32 Å². The van der Waals surface area contributed by atoms with Gasteiger partial charge in [0.2, 0.25) is 15.9 Å². The van der Waals surface area contributed by atoms with Crippen molar-refractivity contribution in [3.63, 3.8) is 0 Å². The third-order valence-electron chi connectivity index (χ3n) is 5.02. The van der Waals surface area contributed by atoms with Gasteiger partial charge in [-0.05, 0) is 55.3 Å². The van der Waals surface area contributed by atoms with Crippen LogP contribution >= 0.6 is 11.6 Å². The summed E-state index contributed by atoms with van der Waals surface area (Å²) >= 11 is 5.79. The van der Waals surface area contributed by atoms with Gasteiger partial charge in [-0.3, -0.25) is 10.2 Å². The summed E-state index contributed by atoms with van der Waals surface area (Å²) in [6.45, 7) is 0.221. The Balaban J connectivity index is 1.48. The Labute approximate surface area is 193 Å². The summed E-state index contributed by atoms with van der Waals surface area (Å²) in [7, 11) is -3.72. The fourth-order valence-corrected chi connectivity index (χ4v) is 4.87. The molecule has 1 aliphatic heterocycles. The number of urea groups is 1. The first-order valence-corrected chi connectivity index (χ1v) is 11.6. The lowest BCUT2D eigenvalue weighted by Crippen LogP contribution is -2.49. The number of hydrogen-bond donors (Lipinski definition) is 3. The van der Waals surface area contributed by atoms with Crippen LogP contribution in [0.4, 0.5) is 23.7 Å². The Bertz CT molecular complexity index is 1120. The molecule has 0 aliphatic carbocycles. The molecular formula is C20H20ClF3N4O4S. The first-order chi connectivity index (χ1) is 15.5. The largest absolute Gasteiger partial charge is 0.416 e. The zero-order valence-electron chi connectivity index (χ0n) is 17.0. The van der Waals surface area contributed by atoms with Crippen LogP contribution in [-0.2, 0) is 21.0 Å². The summed E-state index contributed by atoms with van der Waals surface area (Å²) in [6, 6.07) is 8.88. The third-order valence-corrected chi connectivity index (χ3v) is 7.19. The molecule has 3 amide bonds. The predicted octanol–water partition coefficient (Wildman–Crippen LogP) is 3.61. The molecule has 0 atom stereocenters. The number of hydrazine groups is 1. The number of rotatable bonds is 4. The van der Waals surface area contributed by atoms with Crippen LogP contribution in [0, 0.1) is 5.92 Å². The summed E-state index contributed by atoms with van der Waals surface area (Å²) in [4.78, 5) is 24.3. The molecule has 178 valence electrons. The van der Waals surface area contributed by atoms with E-state index in [1.54, 1.807) is 0 Å². The maximum absolute atomic E-state index is 12.7. The van der Waals surface area contributed by atoms with Gasteiger partial charge in [0, 0.05) is 29.7 Å². The van der Waals surface area contributed by atoms with Crippen molar-refractivity contribution in [3.8, 4) is 0 Å². The molecule has 3 rings (SSSR count). The fraction of sp³-hybridized carbons (Fsp3) is 0.300. The van der Waals surface area contributed by atoms with Crippen molar-refractivity contribution in [2.75, 3.05) is 18.4 Å². The van der Waals surface area contributed by atoms with E-state index in [0.717, 1.165) is 18.2 Å². The van der Waals surface area contributed by atoms with Gasteiger partial charge in [-0.2, -0.15) is 17.5 Å². The molecular weight excluding hydrogens is 485 g/mol. The number of nitrogens with one attached hydrogen (secondary N) is 3. The first kappa shape index (κ1) is 24.8. The summed E-state index contributed by atoms with van der Waals surface area (Å²) in [6.07, 6.45) is -4.09. The summed E-state index contributed by atoms with van der Waals surface area (Å²) in [5, 5.41) is 2.61. The normalized spacial score (nSPS) is 15.6. The molecule has 2 aromatic rings. The smallest absolute Gasteiger partial charge is 0.307 e. The third kappa shape index (κ3) is 6.36. The number of alkyl halides is 3.